The van der Waals surface area contributed by atoms with Gasteiger partial charge in [0.2, 0.25) is 0 Å². The van der Waals surface area contributed by atoms with Crippen LogP contribution in [0.25, 0.3) is 0 Å². The second kappa shape index (κ2) is 7.61. The third kappa shape index (κ3) is 4.21. The van der Waals surface area contributed by atoms with E-state index in [1.165, 1.54) is 0 Å². The van der Waals surface area contributed by atoms with Crippen LogP contribution in [0.1, 0.15) is 11.1 Å². The Bertz CT molecular complexity index is 800. The lowest BCUT2D eigenvalue weighted by Gasteiger charge is -2.10. The molecule has 0 aromatic heterocycles. The van der Waals surface area contributed by atoms with Crippen molar-refractivity contribution in [2.45, 2.75) is 6.61 Å². The second-order valence-electron chi connectivity index (χ2n) is 5.01. The van der Waals surface area contributed by atoms with Crippen molar-refractivity contribution in [2.24, 2.45) is 4.99 Å². The predicted molar refractivity (Wildman–Crippen MR) is 95.9 cm³/mol. The van der Waals surface area contributed by atoms with Crippen molar-refractivity contribution in [3.63, 3.8) is 0 Å². The Morgan fingerprint density at radius 3 is 2.35 bits per heavy atom. The molecule has 0 unspecified atom stereocenters. The average Bonchev–Trinajstić information content (AvgIpc) is 2.61. The van der Waals surface area contributed by atoms with Crippen LogP contribution in [0.4, 0.5) is 5.69 Å². The van der Waals surface area contributed by atoms with E-state index in [2.05, 4.69) is 4.99 Å². The zero-order chi connectivity index (χ0) is 15.9. The quantitative estimate of drug-likeness (QED) is 0.555. The number of nitrogens with zero attached hydrogens (tertiary/aromatic N) is 1. The number of rotatable bonds is 5. The first-order chi connectivity index (χ1) is 11.3. The van der Waals surface area contributed by atoms with Gasteiger partial charge in [-0.1, -0.05) is 60.1 Å². The maximum absolute atomic E-state index is 6.17. The van der Waals surface area contributed by atoms with Gasteiger partial charge in [-0.25, -0.2) is 0 Å². The highest BCUT2D eigenvalue weighted by Gasteiger charge is 2.03. The topological polar surface area (TPSA) is 21.6 Å². The van der Waals surface area contributed by atoms with E-state index in [0.717, 1.165) is 22.6 Å². The largest absolute Gasteiger partial charge is 0.488 e. The molecule has 3 aromatic rings. The molecule has 114 valence electrons. The van der Waals surface area contributed by atoms with Gasteiger partial charge >= 0.3 is 0 Å². The minimum Gasteiger partial charge on any atom is -0.488 e. The van der Waals surface area contributed by atoms with Gasteiger partial charge in [0.15, 0.2) is 0 Å². The van der Waals surface area contributed by atoms with Crippen LogP contribution in [0.3, 0.4) is 0 Å². The molecule has 0 aliphatic carbocycles. The minimum absolute atomic E-state index is 0.426. The number of hydrogen-bond acceptors (Lipinski definition) is 2. The standard InChI is InChI=1S/C20H16ClNO/c21-19-12-6-4-9-17(19)15-23-20-13-7-5-8-16(20)14-22-18-10-2-1-3-11-18/h1-14H,15H2. The molecule has 23 heavy (non-hydrogen) atoms. The zero-order valence-corrected chi connectivity index (χ0v) is 13.3. The summed E-state index contributed by atoms with van der Waals surface area (Å²) in [5.74, 6) is 0.784. The van der Waals surface area contributed by atoms with Crippen LogP contribution in [0, 0.1) is 0 Å². The van der Waals surface area contributed by atoms with Crippen molar-refractivity contribution in [2.75, 3.05) is 0 Å². The number of ether oxygens (including phenoxy) is 1. The zero-order valence-electron chi connectivity index (χ0n) is 12.5. The Morgan fingerprint density at radius 2 is 1.52 bits per heavy atom. The predicted octanol–water partition coefficient (Wildman–Crippen LogP) is 5.67. The molecule has 3 heteroatoms. The smallest absolute Gasteiger partial charge is 0.128 e. The molecule has 0 aliphatic rings. The molecule has 0 bridgehead atoms. The summed E-state index contributed by atoms with van der Waals surface area (Å²) in [5, 5.41) is 0.711. The lowest BCUT2D eigenvalue weighted by molar-refractivity contribution is 0.306. The van der Waals surface area contributed by atoms with Crippen LogP contribution in [-0.4, -0.2) is 6.21 Å². The summed E-state index contributed by atoms with van der Waals surface area (Å²) < 4.78 is 5.92. The summed E-state index contributed by atoms with van der Waals surface area (Å²) in [6.45, 7) is 0.426. The van der Waals surface area contributed by atoms with E-state index in [1.54, 1.807) is 0 Å². The second-order valence-corrected chi connectivity index (χ2v) is 5.42. The fourth-order valence-electron chi connectivity index (χ4n) is 2.15. The third-order valence-corrected chi connectivity index (χ3v) is 3.74. The molecule has 0 atom stereocenters. The van der Waals surface area contributed by atoms with Crippen molar-refractivity contribution in [1.82, 2.24) is 0 Å². The van der Waals surface area contributed by atoms with E-state index in [4.69, 9.17) is 16.3 Å². The highest BCUT2D eigenvalue weighted by molar-refractivity contribution is 6.31. The van der Waals surface area contributed by atoms with Crippen LogP contribution >= 0.6 is 11.6 Å². The van der Waals surface area contributed by atoms with Crippen molar-refractivity contribution in [3.05, 3.63) is 95.0 Å². The molecule has 0 radical (unpaired) electrons. The van der Waals surface area contributed by atoms with Gasteiger partial charge < -0.3 is 4.74 Å². The highest BCUT2D eigenvalue weighted by Crippen LogP contribution is 2.21. The number of halogens is 1. The average molecular weight is 322 g/mol. The molecule has 3 aromatic carbocycles. The van der Waals surface area contributed by atoms with Gasteiger partial charge in [-0.15, -0.1) is 0 Å². The normalized spacial score (nSPS) is 10.8. The number of aliphatic imine (C=N–C) groups is 1. The highest BCUT2D eigenvalue weighted by atomic mass is 35.5. The molecule has 2 nitrogen and oxygen atoms in total. The van der Waals surface area contributed by atoms with Gasteiger partial charge in [0, 0.05) is 22.4 Å². The maximum atomic E-state index is 6.17. The molecule has 0 spiro atoms. The lowest BCUT2D eigenvalue weighted by Crippen LogP contribution is -1.98. The van der Waals surface area contributed by atoms with Crippen LogP contribution in [-0.2, 0) is 6.61 Å². The molecule has 0 fully saturated rings. The third-order valence-electron chi connectivity index (χ3n) is 3.37. The fraction of sp³-hybridized carbons (Fsp3) is 0.0500. The van der Waals surface area contributed by atoms with E-state index in [-0.39, 0.29) is 0 Å². The van der Waals surface area contributed by atoms with Gasteiger partial charge in [0.25, 0.3) is 0 Å². The Morgan fingerprint density at radius 1 is 0.826 bits per heavy atom. The monoisotopic (exact) mass is 321 g/mol. The molecule has 0 saturated carbocycles. The van der Waals surface area contributed by atoms with Crippen LogP contribution in [0.15, 0.2) is 83.9 Å². The number of para-hydroxylation sites is 2. The summed E-state index contributed by atoms with van der Waals surface area (Å²) in [7, 11) is 0. The Kier molecular flexibility index (Phi) is 5.07. The summed E-state index contributed by atoms with van der Waals surface area (Å²) in [4.78, 5) is 4.48. The molecule has 0 amide bonds. The first-order valence-corrected chi connectivity index (χ1v) is 7.75. The van der Waals surface area contributed by atoms with Crippen LogP contribution in [0.5, 0.6) is 5.75 Å². The molecular weight excluding hydrogens is 306 g/mol. The van der Waals surface area contributed by atoms with Crippen molar-refractivity contribution in [1.29, 1.82) is 0 Å². The van der Waals surface area contributed by atoms with Gasteiger partial charge in [-0.3, -0.25) is 4.99 Å². The van der Waals surface area contributed by atoms with Gasteiger partial charge in [-0.05, 0) is 30.3 Å². The van der Waals surface area contributed by atoms with Gasteiger partial charge in [0.05, 0.1) is 5.69 Å². The number of hydrogen-bond donors (Lipinski definition) is 0. The van der Waals surface area contributed by atoms with E-state index >= 15 is 0 Å². The molecular formula is C20H16ClNO. The number of benzene rings is 3. The Hall–Kier alpha value is -2.58. The van der Waals surface area contributed by atoms with E-state index in [1.807, 2.05) is 85.1 Å². The molecule has 0 heterocycles. The molecule has 3 rings (SSSR count). The van der Waals surface area contributed by atoms with Crippen molar-refractivity contribution in [3.8, 4) is 5.75 Å². The summed E-state index contributed by atoms with van der Waals surface area (Å²) >= 11 is 6.17. The molecule has 0 N–H and O–H groups in total. The van der Waals surface area contributed by atoms with Crippen LogP contribution < -0.4 is 4.74 Å². The summed E-state index contributed by atoms with van der Waals surface area (Å²) in [6.07, 6.45) is 1.82. The lowest BCUT2D eigenvalue weighted by atomic mass is 10.2. The van der Waals surface area contributed by atoms with E-state index < -0.39 is 0 Å². The summed E-state index contributed by atoms with van der Waals surface area (Å²) in [5.41, 5.74) is 2.81. The first-order valence-electron chi connectivity index (χ1n) is 7.37. The van der Waals surface area contributed by atoms with Gasteiger partial charge in [0.1, 0.15) is 12.4 Å². The van der Waals surface area contributed by atoms with E-state index in [0.29, 0.717) is 11.6 Å². The fourth-order valence-corrected chi connectivity index (χ4v) is 2.34. The van der Waals surface area contributed by atoms with E-state index in [9.17, 15) is 0 Å². The van der Waals surface area contributed by atoms with Crippen molar-refractivity contribution >= 4 is 23.5 Å². The summed E-state index contributed by atoms with van der Waals surface area (Å²) in [6, 6.07) is 25.3. The maximum Gasteiger partial charge on any atom is 0.128 e. The Balaban J connectivity index is 1.76. The first kappa shape index (κ1) is 15.3. The SMILES string of the molecule is Clc1ccccc1COc1ccccc1C=Nc1ccccc1. The minimum atomic E-state index is 0.426. The molecule has 0 saturated heterocycles. The van der Waals surface area contributed by atoms with Gasteiger partial charge in [-0.2, -0.15) is 0 Å². The molecule has 0 aliphatic heterocycles. The Labute approximate surface area is 141 Å². The van der Waals surface area contributed by atoms with Crippen molar-refractivity contribution < 1.29 is 4.74 Å². The van der Waals surface area contributed by atoms with Crippen LogP contribution in [0.2, 0.25) is 5.02 Å².